The van der Waals surface area contributed by atoms with E-state index < -0.39 is 23.0 Å². The fourth-order valence-corrected chi connectivity index (χ4v) is 7.39. The SMILES string of the molecule is CC12CCC(=O)C=C1CCC1C2CCC2(C)C1CCC2(C#N)OC(=O)CCC(=O)O. The summed E-state index contributed by atoms with van der Waals surface area (Å²) >= 11 is 0. The average molecular weight is 414 g/mol. The molecule has 3 saturated carbocycles. The van der Waals surface area contributed by atoms with Crippen LogP contribution in [0.4, 0.5) is 0 Å². The van der Waals surface area contributed by atoms with E-state index in [2.05, 4.69) is 19.9 Å². The minimum Gasteiger partial charge on any atom is -0.481 e. The van der Waals surface area contributed by atoms with Gasteiger partial charge in [-0.1, -0.05) is 19.4 Å². The second-order valence-corrected chi connectivity index (χ2v) is 10.3. The third-order valence-electron chi connectivity index (χ3n) is 9.09. The van der Waals surface area contributed by atoms with Gasteiger partial charge in [0.25, 0.3) is 0 Å². The highest BCUT2D eigenvalue weighted by atomic mass is 16.6. The Morgan fingerprint density at radius 2 is 1.87 bits per heavy atom. The van der Waals surface area contributed by atoms with Crippen molar-refractivity contribution in [2.75, 3.05) is 0 Å². The highest BCUT2D eigenvalue weighted by Crippen LogP contribution is 2.68. The number of carbonyl (C=O) groups is 3. The van der Waals surface area contributed by atoms with Gasteiger partial charge in [-0.15, -0.1) is 0 Å². The molecule has 6 nitrogen and oxygen atoms in total. The van der Waals surface area contributed by atoms with Crippen molar-refractivity contribution in [3.8, 4) is 6.07 Å². The maximum Gasteiger partial charge on any atom is 0.307 e. The van der Waals surface area contributed by atoms with Gasteiger partial charge in [-0.2, -0.15) is 5.26 Å². The van der Waals surface area contributed by atoms with Gasteiger partial charge >= 0.3 is 11.9 Å². The number of carboxylic acids is 1. The van der Waals surface area contributed by atoms with Crippen LogP contribution in [0.5, 0.6) is 0 Å². The van der Waals surface area contributed by atoms with E-state index in [4.69, 9.17) is 9.84 Å². The van der Waals surface area contributed by atoms with Crippen LogP contribution >= 0.6 is 0 Å². The van der Waals surface area contributed by atoms with Crippen molar-refractivity contribution >= 4 is 17.7 Å². The first-order valence-electron chi connectivity index (χ1n) is 11.2. The molecule has 6 heteroatoms. The number of carboxylic acid groups (broad SMARTS) is 1. The largest absolute Gasteiger partial charge is 0.481 e. The zero-order valence-corrected chi connectivity index (χ0v) is 17.9. The number of carbonyl (C=O) groups excluding carboxylic acids is 2. The number of hydrogen-bond acceptors (Lipinski definition) is 5. The van der Waals surface area contributed by atoms with Crippen molar-refractivity contribution in [1.82, 2.24) is 0 Å². The van der Waals surface area contributed by atoms with E-state index in [0.717, 1.165) is 38.5 Å². The van der Waals surface area contributed by atoms with Crippen molar-refractivity contribution in [3.05, 3.63) is 11.6 Å². The highest BCUT2D eigenvalue weighted by Gasteiger charge is 2.66. The van der Waals surface area contributed by atoms with Crippen LogP contribution in [0.3, 0.4) is 0 Å². The van der Waals surface area contributed by atoms with Gasteiger partial charge in [0.05, 0.1) is 12.8 Å². The van der Waals surface area contributed by atoms with E-state index in [1.165, 1.54) is 5.57 Å². The molecule has 0 aromatic rings. The standard InChI is InChI=1S/C24H31NO5/c1-22-10-7-16(26)13-15(22)3-4-17-18(22)8-11-23(2)19(17)9-12-24(23,14-25)30-21(29)6-5-20(27)28/h13,17-19H,3-12H2,1-2H3,(H,27,28). The van der Waals surface area contributed by atoms with Gasteiger partial charge in [0.15, 0.2) is 5.78 Å². The lowest BCUT2D eigenvalue weighted by Gasteiger charge is -2.58. The zero-order valence-electron chi connectivity index (χ0n) is 17.9. The van der Waals surface area contributed by atoms with Gasteiger partial charge in [-0.05, 0) is 67.8 Å². The fraction of sp³-hybridized carbons (Fsp3) is 0.750. The van der Waals surface area contributed by atoms with E-state index >= 15 is 0 Å². The predicted octanol–water partition coefficient (Wildman–Crippen LogP) is 4.19. The Hall–Kier alpha value is -2.16. The van der Waals surface area contributed by atoms with Crippen LogP contribution in [-0.4, -0.2) is 28.4 Å². The van der Waals surface area contributed by atoms with E-state index in [1.807, 2.05) is 6.08 Å². The first-order chi connectivity index (χ1) is 14.1. The molecule has 4 aliphatic rings. The molecule has 1 N–H and O–H groups in total. The van der Waals surface area contributed by atoms with Gasteiger partial charge < -0.3 is 9.84 Å². The molecule has 0 heterocycles. The molecule has 0 amide bonds. The van der Waals surface area contributed by atoms with E-state index in [-0.39, 0.29) is 24.0 Å². The van der Waals surface area contributed by atoms with E-state index in [9.17, 15) is 19.6 Å². The van der Waals surface area contributed by atoms with Crippen LogP contribution in [0.1, 0.15) is 78.1 Å². The number of nitrogens with zero attached hydrogens (tertiary/aromatic N) is 1. The maximum atomic E-state index is 12.4. The molecule has 0 aromatic heterocycles. The zero-order chi connectivity index (χ0) is 21.7. The molecule has 4 aliphatic carbocycles. The lowest BCUT2D eigenvalue weighted by molar-refractivity contribution is -0.173. The molecule has 30 heavy (non-hydrogen) atoms. The summed E-state index contributed by atoms with van der Waals surface area (Å²) in [6, 6.07) is 2.36. The smallest absolute Gasteiger partial charge is 0.307 e. The Morgan fingerprint density at radius 3 is 2.57 bits per heavy atom. The molecular weight excluding hydrogens is 382 g/mol. The fourth-order valence-electron chi connectivity index (χ4n) is 7.39. The molecule has 0 radical (unpaired) electrons. The lowest BCUT2D eigenvalue weighted by atomic mass is 9.46. The van der Waals surface area contributed by atoms with Gasteiger partial charge in [0.1, 0.15) is 6.07 Å². The molecular formula is C24H31NO5. The van der Waals surface area contributed by atoms with E-state index in [1.54, 1.807) is 0 Å². The molecule has 0 aliphatic heterocycles. The summed E-state index contributed by atoms with van der Waals surface area (Å²) in [5, 5.41) is 19.0. The number of ether oxygens (including phenoxy) is 1. The summed E-state index contributed by atoms with van der Waals surface area (Å²) in [5.41, 5.74) is -0.205. The molecule has 0 spiro atoms. The van der Waals surface area contributed by atoms with Crippen molar-refractivity contribution in [2.24, 2.45) is 28.6 Å². The first-order valence-corrected chi connectivity index (χ1v) is 11.2. The molecule has 0 aromatic carbocycles. The number of ketones is 1. The van der Waals surface area contributed by atoms with Crippen molar-refractivity contribution in [2.45, 2.75) is 83.7 Å². The van der Waals surface area contributed by atoms with Gasteiger partial charge in [-0.3, -0.25) is 14.4 Å². The molecule has 162 valence electrons. The monoisotopic (exact) mass is 413 g/mol. The van der Waals surface area contributed by atoms with Gasteiger partial charge in [0, 0.05) is 18.3 Å². The van der Waals surface area contributed by atoms with Gasteiger partial charge in [-0.25, -0.2) is 0 Å². The number of aliphatic carboxylic acids is 1. The van der Waals surface area contributed by atoms with Crippen molar-refractivity contribution in [1.29, 1.82) is 5.26 Å². The van der Waals surface area contributed by atoms with Crippen molar-refractivity contribution < 1.29 is 24.2 Å². The number of fused-ring (bicyclic) bond motifs is 5. The van der Waals surface area contributed by atoms with Crippen LogP contribution in [0.15, 0.2) is 11.6 Å². The second-order valence-electron chi connectivity index (χ2n) is 10.3. The Balaban J connectivity index is 1.58. The number of rotatable bonds is 4. The highest BCUT2D eigenvalue weighted by molar-refractivity contribution is 5.91. The summed E-state index contributed by atoms with van der Waals surface area (Å²) in [6.45, 7) is 4.43. The molecule has 6 unspecified atom stereocenters. The number of esters is 1. The number of allylic oxidation sites excluding steroid dienone is 1. The molecule has 0 bridgehead atoms. The lowest BCUT2D eigenvalue weighted by Crippen LogP contribution is -2.55. The summed E-state index contributed by atoms with van der Waals surface area (Å²) in [7, 11) is 0. The molecule has 4 rings (SSSR count). The predicted molar refractivity (Wildman–Crippen MR) is 108 cm³/mol. The van der Waals surface area contributed by atoms with E-state index in [0.29, 0.717) is 30.6 Å². The minimum atomic E-state index is -1.17. The molecule has 0 saturated heterocycles. The first kappa shape index (κ1) is 21.1. The van der Waals surface area contributed by atoms with Crippen molar-refractivity contribution in [3.63, 3.8) is 0 Å². The van der Waals surface area contributed by atoms with Crippen LogP contribution in [0.2, 0.25) is 0 Å². The summed E-state index contributed by atoms with van der Waals surface area (Å²) in [4.78, 5) is 35.1. The maximum absolute atomic E-state index is 12.4. The molecule has 6 atom stereocenters. The van der Waals surface area contributed by atoms with Crippen LogP contribution in [-0.2, 0) is 19.1 Å². The second kappa shape index (κ2) is 7.21. The summed E-state index contributed by atoms with van der Waals surface area (Å²) in [6.07, 6.45) is 8.06. The number of nitriles is 1. The quantitative estimate of drug-likeness (QED) is 0.693. The Morgan fingerprint density at radius 1 is 1.13 bits per heavy atom. The minimum absolute atomic E-state index is 0.0637. The van der Waals surface area contributed by atoms with Crippen LogP contribution < -0.4 is 0 Å². The number of hydrogen-bond donors (Lipinski definition) is 1. The molecule has 3 fully saturated rings. The normalized spacial score (nSPS) is 42.2. The Bertz CT molecular complexity index is 856. The summed E-state index contributed by atoms with van der Waals surface area (Å²) in [5.74, 6) is -0.111. The van der Waals surface area contributed by atoms with Crippen LogP contribution in [0, 0.1) is 39.9 Å². The Labute approximate surface area is 177 Å². The Kier molecular flexibility index (Phi) is 5.07. The third kappa shape index (κ3) is 3.01. The topological polar surface area (TPSA) is 104 Å². The summed E-state index contributed by atoms with van der Waals surface area (Å²) < 4.78 is 5.78. The average Bonchev–Trinajstić information content (AvgIpc) is 2.99. The third-order valence-corrected chi connectivity index (χ3v) is 9.09. The van der Waals surface area contributed by atoms with Crippen LogP contribution in [0.25, 0.3) is 0 Å². The van der Waals surface area contributed by atoms with Gasteiger partial charge in [0.2, 0.25) is 5.60 Å².